The highest BCUT2D eigenvalue weighted by Crippen LogP contribution is 2.13. The normalized spacial score (nSPS) is 18.3. The van der Waals surface area contributed by atoms with Gasteiger partial charge < -0.3 is 19.6 Å². The van der Waals surface area contributed by atoms with Gasteiger partial charge in [-0.3, -0.25) is 9.59 Å². The minimum absolute atomic E-state index is 0.00639. The summed E-state index contributed by atoms with van der Waals surface area (Å²) in [5, 5.41) is 9.82. The molecule has 6 heteroatoms. The molecule has 1 aliphatic heterocycles. The molecule has 0 aromatic heterocycles. The van der Waals surface area contributed by atoms with Gasteiger partial charge in [0.15, 0.2) is 0 Å². The van der Waals surface area contributed by atoms with Crippen molar-refractivity contribution in [2.45, 2.75) is 31.9 Å². The quantitative estimate of drug-likeness (QED) is 0.809. The van der Waals surface area contributed by atoms with Crippen LogP contribution in [-0.2, 0) is 20.9 Å². The Hall–Kier alpha value is -1.92. The Bertz CT molecular complexity index is 535. The summed E-state index contributed by atoms with van der Waals surface area (Å²) in [4.78, 5) is 28.0. The number of hydrogen-bond donors (Lipinski definition) is 1. The van der Waals surface area contributed by atoms with E-state index in [0.29, 0.717) is 32.7 Å². The van der Waals surface area contributed by atoms with E-state index in [0.717, 1.165) is 18.4 Å². The monoisotopic (exact) mass is 334 g/mol. The summed E-state index contributed by atoms with van der Waals surface area (Å²) >= 11 is 0. The molecule has 1 atom stereocenters. The number of carbonyl (C=O) groups is 2. The van der Waals surface area contributed by atoms with Crippen LogP contribution in [0.2, 0.25) is 0 Å². The minimum Gasteiger partial charge on any atom is -0.383 e. The van der Waals surface area contributed by atoms with E-state index in [4.69, 9.17) is 4.74 Å². The maximum Gasteiger partial charge on any atom is 0.251 e. The van der Waals surface area contributed by atoms with Crippen molar-refractivity contribution in [3.8, 4) is 0 Å². The Morgan fingerprint density at radius 1 is 1.33 bits per heavy atom. The Balaban J connectivity index is 2.02. The van der Waals surface area contributed by atoms with Crippen molar-refractivity contribution in [2.24, 2.45) is 0 Å². The van der Waals surface area contributed by atoms with E-state index >= 15 is 0 Å². The van der Waals surface area contributed by atoms with E-state index < -0.39 is 6.10 Å². The summed E-state index contributed by atoms with van der Waals surface area (Å²) in [5.74, 6) is -0.467. The van der Waals surface area contributed by atoms with E-state index in [9.17, 15) is 14.7 Å². The molecular weight excluding hydrogens is 308 g/mol. The lowest BCUT2D eigenvalue weighted by atomic mass is 10.2. The highest BCUT2D eigenvalue weighted by molar-refractivity contribution is 5.87. The Kier molecular flexibility index (Phi) is 7.21. The number of likely N-dealkylation sites (tertiary alicyclic amines) is 1. The number of carbonyl (C=O) groups excluding carboxylic acids is 2. The van der Waals surface area contributed by atoms with Crippen LogP contribution in [0.1, 0.15) is 24.8 Å². The zero-order chi connectivity index (χ0) is 17.4. The van der Waals surface area contributed by atoms with Crippen LogP contribution < -0.4 is 0 Å². The van der Waals surface area contributed by atoms with Gasteiger partial charge in [0.05, 0.1) is 13.2 Å². The fourth-order valence-corrected chi connectivity index (χ4v) is 2.80. The summed E-state index contributed by atoms with van der Waals surface area (Å²) in [6, 6.07) is 9.73. The number of benzene rings is 1. The second kappa shape index (κ2) is 9.39. The van der Waals surface area contributed by atoms with Crippen LogP contribution in [0.3, 0.4) is 0 Å². The van der Waals surface area contributed by atoms with Crippen LogP contribution in [0.15, 0.2) is 30.3 Å². The number of nitrogens with zero attached hydrogens (tertiary/aromatic N) is 2. The van der Waals surface area contributed by atoms with Gasteiger partial charge in [0.1, 0.15) is 6.10 Å². The molecule has 1 N–H and O–H groups in total. The predicted molar refractivity (Wildman–Crippen MR) is 90.2 cm³/mol. The first-order chi connectivity index (χ1) is 11.6. The average Bonchev–Trinajstić information content (AvgIpc) is 2.75. The molecule has 6 nitrogen and oxygen atoms in total. The highest BCUT2D eigenvalue weighted by Gasteiger charge is 2.27. The molecule has 0 spiro atoms. The van der Waals surface area contributed by atoms with Gasteiger partial charge in [-0.15, -0.1) is 0 Å². The number of ether oxygens (including phenoxy) is 1. The van der Waals surface area contributed by atoms with Crippen molar-refractivity contribution in [1.82, 2.24) is 9.80 Å². The van der Waals surface area contributed by atoms with Gasteiger partial charge in [-0.05, 0) is 24.8 Å². The first kappa shape index (κ1) is 18.4. The number of hydrogen-bond acceptors (Lipinski definition) is 4. The summed E-state index contributed by atoms with van der Waals surface area (Å²) < 4.78 is 5.09. The van der Waals surface area contributed by atoms with Crippen LogP contribution in [0.25, 0.3) is 0 Å². The molecule has 1 saturated heterocycles. The fourth-order valence-electron chi connectivity index (χ4n) is 2.80. The minimum atomic E-state index is -0.984. The molecule has 1 heterocycles. The molecule has 0 bridgehead atoms. The molecule has 24 heavy (non-hydrogen) atoms. The predicted octanol–water partition coefficient (Wildman–Crippen LogP) is 1.04. The van der Waals surface area contributed by atoms with E-state index in [2.05, 4.69) is 0 Å². The standard InChI is InChI=1S/C18H26N2O4/c1-24-12-11-19(13-15-7-3-2-4-8-15)17(22)14-20-10-6-5-9-16(21)18(20)23/h2-4,7-8,16,21H,5-6,9-14H2,1H3. The molecule has 1 unspecified atom stereocenters. The van der Waals surface area contributed by atoms with Crippen LogP contribution in [-0.4, -0.2) is 66.2 Å². The summed E-state index contributed by atoms with van der Waals surface area (Å²) in [6.07, 6.45) is 1.10. The summed E-state index contributed by atoms with van der Waals surface area (Å²) in [5.41, 5.74) is 1.03. The SMILES string of the molecule is COCCN(Cc1ccccc1)C(=O)CN1CCCCC(O)C1=O. The first-order valence-electron chi connectivity index (χ1n) is 8.39. The summed E-state index contributed by atoms with van der Waals surface area (Å²) in [7, 11) is 1.60. The molecule has 2 amide bonds. The second-order valence-electron chi connectivity index (χ2n) is 6.07. The first-order valence-corrected chi connectivity index (χ1v) is 8.39. The molecule has 1 aliphatic rings. The van der Waals surface area contributed by atoms with Crippen LogP contribution in [0, 0.1) is 0 Å². The van der Waals surface area contributed by atoms with Gasteiger partial charge in [-0.25, -0.2) is 0 Å². The van der Waals surface area contributed by atoms with Gasteiger partial charge in [0, 0.05) is 26.7 Å². The smallest absolute Gasteiger partial charge is 0.251 e. The number of rotatable bonds is 7. The van der Waals surface area contributed by atoms with Crippen LogP contribution >= 0.6 is 0 Å². The Labute approximate surface area is 143 Å². The van der Waals surface area contributed by atoms with Gasteiger partial charge in [-0.2, -0.15) is 0 Å². The van der Waals surface area contributed by atoms with Crippen molar-refractivity contribution in [3.63, 3.8) is 0 Å². The molecule has 0 saturated carbocycles. The van der Waals surface area contributed by atoms with E-state index in [-0.39, 0.29) is 18.4 Å². The van der Waals surface area contributed by atoms with Gasteiger partial charge in [0.2, 0.25) is 5.91 Å². The average molecular weight is 334 g/mol. The third kappa shape index (κ3) is 5.32. The van der Waals surface area contributed by atoms with Crippen molar-refractivity contribution >= 4 is 11.8 Å². The fraction of sp³-hybridized carbons (Fsp3) is 0.556. The number of aliphatic hydroxyl groups is 1. The number of methoxy groups -OCH3 is 1. The largest absolute Gasteiger partial charge is 0.383 e. The lowest BCUT2D eigenvalue weighted by Crippen LogP contribution is -2.46. The maximum atomic E-state index is 12.7. The highest BCUT2D eigenvalue weighted by atomic mass is 16.5. The third-order valence-corrected chi connectivity index (χ3v) is 4.21. The molecule has 1 fully saturated rings. The molecule has 1 aromatic carbocycles. The number of amides is 2. The summed E-state index contributed by atoms with van der Waals surface area (Å²) in [6.45, 7) is 1.91. The Morgan fingerprint density at radius 3 is 2.79 bits per heavy atom. The maximum absolute atomic E-state index is 12.7. The molecule has 2 rings (SSSR count). The Morgan fingerprint density at radius 2 is 2.08 bits per heavy atom. The van der Waals surface area contributed by atoms with Crippen molar-refractivity contribution in [3.05, 3.63) is 35.9 Å². The van der Waals surface area contributed by atoms with Crippen molar-refractivity contribution < 1.29 is 19.4 Å². The molecule has 132 valence electrons. The lowest BCUT2D eigenvalue weighted by Gasteiger charge is -2.27. The van der Waals surface area contributed by atoms with E-state index in [1.54, 1.807) is 12.0 Å². The van der Waals surface area contributed by atoms with Crippen LogP contribution in [0.5, 0.6) is 0 Å². The van der Waals surface area contributed by atoms with Gasteiger partial charge in [0.25, 0.3) is 5.91 Å². The molecule has 0 aliphatic carbocycles. The molecule has 1 aromatic rings. The zero-order valence-electron chi connectivity index (χ0n) is 14.2. The van der Waals surface area contributed by atoms with E-state index in [1.165, 1.54) is 4.90 Å². The van der Waals surface area contributed by atoms with Gasteiger partial charge in [-0.1, -0.05) is 30.3 Å². The molecular formula is C18H26N2O4. The van der Waals surface area contributed by atoms with Crippen LogP contribution in [0.4, 0.5) is 0 Å². The number of aliphatic hydroxyl groups excluding tert-OH is 1. The second-order valence-corrected chi connectivity index (χ2v) is 6.07. The third-order valence-electron chi connectivity index (χ3n) is 4.21. The topological polar surface area (TPSA) is 70.1 Å². The van der Waals surface area contributed by atoms with Crippen molar-refractivity contribution in [2.75, 3.05) is 33.4 Å². The van der Waals surface area contributed by atoms with Crippen molar-refractivity contribution in [1.29, 1.82) is 0 Å². The van der Waals surface area contributed by atoms with Gasteiger partial charge >= 0.3 is 0 Å². The zero-order valence-corrected chi connectivity index (χ0v) is 14.2. The molecule has 0 radical (unpaired) electrons. The lowest BCUT2D eigenvalue weighted by molar-refractivity contribution is -0.145. The van der Waals surface area contributed by atoms with E-state index in [1.807, 2.05) is 30.3 Å².